The molecule has 0 aliphatic heterocycles. The molecule has 8 heteroatoms. The molecule has 1 aliphatic carbocycles. The van der Waals surface area contributed by atoms with Crippen LogP contribution in [-0.2, 0) is 4.79 Å². The van der Waals surface area contributed by atoms with Gasteiger partial charge in [0, 0.05) is 11.8 Å². The zero-order valence-electron chi connectivity index (χ0n) is 17.9. The number of nitrogens with one attached hydrogen (secondary N) is 1. The van der Waals surface area contributed by atoms with E-state index in [0.29, 0.717) is 36.7 Å². The molecule has 1 aromatic carbocycles. The Morgan fingerprint density at radius 2 is 1.91 bits per heavy atom. The first-order valence-electron chi connectivity index (χ1n) is 10.5. The number of ether oxygens (including phenoxy) is 1. The van der Waals surface area contributed by atoms with Crippen LogP contribution < -0.4 is 10.1 Å². The third-order valence-electron chi connectivity index (χ3n) is 5.75. The lowest BCUT2D eigenvalue weighted by Gasteiger charge is -2.36. The maximum absolute atomic E-state index is 14.0. The molecule has 6 nitrogen and oxygen atoms in total. The molecule has 1 amide bonds. The molecule has 0 spiro atoms. The van der Waals surface area contributed by atoms with Crippen LogP contribution in [0.2, 0.25) is 0 Å². The first kappa shape index (κ1) is 21.8. The number of rotatable bonds is 5. The summed E-state index contributed by atoms with van der Waals surface area (Å²) in [6.07, 6.45) is 4.13. The summed E-state index contributed by atoms with van der Waals surface area (Å²) in [5.41, 5.74) is 1.51. The van der Waals surface area contributed by atoms with Gasteiger partial charge in [0.25, 0.3) is 0 Å². The van der Waals surface area contributed by atoms with Crippen molar-refractivity contribution in [3.8, 4) is 5.75 Å². The van der Waals surface area contributed by atoms with Crippen LogP contribution in [0.1, 0.15) is 42.3 Å². The molecule has 1 fully saturated rings. The van der Waals surface area contributed by atoms with Crippen LogP contribution in [0.5, 0.6) is 5.75 Å². The van der Waals surface area contributed by atoms with Gasteiger partial charge in [0.05, 0.1) is 18.1 Å². The number of amides is 1. The number of benzene rings is 1. The molecule has 0 bridgehead atoms. The summed E-state index contributed by atoms with van der Waals surface area (Å²) in [5, 5.41) is 2.75. The Morgan fingerprint density at radius 1 is 1.06 bits per heavy atom. The number of aromatic nitrogens is 3. The average Bonchev–Trinajstić information content (AvgIpc) is 2.77. The van der Waals surface area contributed by atoms with Gasteiger partial charge < -0.3 is 10.1 Å². The van der Waals surface area contributed by atoms with E-state index in [0.717, 1.165) is 17.5 Å². The van der Waals surface area contributed by atoms with Crippen LogP contribution in [0.4, 0.5) is 14.6 Å². The quantitative estimate of drug-likeness (QED) is 0.623. The van der Waals surface area contributed by atoms with E-state index in [9.17, 15) is 13.6 Å². The Kier molecular flexibility index (Phi) is 6.39. The zero-order valence-corrected chi connectivity index (χ0v) is 17.9. The smallest absolute Gasteiger partial charge is 0.228 e. The van der Waals surface area contributed by atoms with Crippen LogP contribution in [0, 0.1) is 31.4 Å². The summed E-state index contributed by atoms with van der Waals surface area (Å²) in [6.45, 7) is 3.67. The Hall–Kier alpha value is -3.42. The molecule has 0 unspecified atom stereocenters. The monoisotopic (exact) mass is 438 g/mol. The molecule has 0 radical (unpaired) electrons. The lowest BCUT2D eigenvalue weighted by atomic mass is 9.75. The standard InChI is InChI=1S/C24H24F2N4O2/c1-14-22(13-27-15(2)29-14)32-21-8-6-17(11-20(21)16-4-3-5-18(25)10-16)24(31)30-23-9-7-19(26)12-28-23/h3-5,7,9-10,12-13,17,20-21H,6,8,11H2,1-2H3,(H,28,30,31)/t17-,20-,21+/m0/s1. The third kappa shape index (κ3) is 5.07. The molecule has 2 heterocycles. The maximum atomic E-state index is 14.0. The topological polar surface area (TPSA) is 77.0 Å². The minimum absolute atomic E-state index is 0.196. The first-order valence-corrected chi connectivity index (χ1v) is 10.5. The molecule has 2 aromatic heterocycles. The molecule has 3 atom stereocenters. The van der Waals surface area contributed by atoms with E-state index in [-0.39, 0.29) is 29.7 Å². The average molecular weight is 438 g/mol. The highest BCUT2D eigenvalue weighted by atomic mass is 19.1. The number of hydrogen-bond acceptors (Lipinski definition) is 5. The number of hydrogen-bond donors (Lipinski definition) is 1. The molecule has 166 valence electrons. The summed E-state index contributed by atoms with van der Waals surface area (Å²) >= 11 is 0. The van der Waals surface area contributed by atoms with Crippen molar-refractivity contribution in [2.24, 2.45) is 5.92 Å². The summed E-state index contributed by atoms with van der Waals surface area (Å²) in [5.74, 6) is 0.0258. The van der Waals surface area contributed by atoms with Crippen LogP contribution >= 0.6 is 0 Å². The van der Waals surface area contributed by atoms with Gasteiger partial charge in [-0.3, -0.25) is 4.79 Å². The van der Waals surface area contributed by atoms with E-state index in [4.69, 9.17) is 4.74 Å². The normalized spacial score (nSPS) is 20.6. The van der Waals surface area contributed by atoms with Crippen molar-refractivity contribution >= 4 is 11.7 Å². The molecule has 1 N–H and O–H groups in total. The van der Waals surface area contributed by atoms with E-state index in [1.165, 1.54) is 24.3 Å². The minimum Gasteiger partial charge on any atom is -0.486 e. The Labute approximate surface area is 185 Å². The second-order valence-corrected chi connectivity index (χ2v) is 8.05. The third-order valence-corrected chi connectivity index (χ3v) is 5.75. The van der Waals surface area contributed by atoms with Crippen molar-refractivity contribution in [2.45, 2.75) is 45.1 Å². The molecule has 1 aliphatic rings. The lowest BCUT2D eigenvalue weighted by molar-refractivity contribution is -0.121. The van der Waals surface area contributed by atoms with Gasteiger partial charge in [-0.25, -0.2) is 23.7 Å². The highest BCUT2D eigenvalue weighted by Crippen LogP contribution is 2.39. The van der Waals surface area contributed by atoms with Gasteiger partial charge in [-0.1, -0.05) is 12.1 Å². The fraction of sp³-hybridized carbons (Fsp3) is 0.333. The van der Waals surface area contributed by atoms with Crippen molar-refractivity contribution in [2.75, 3.05) is 5.32 Å². The van der Waals surface area contributed by atoms with E-state index in [1.54, 1.807) is 12.3 Å². The van der Waals surface area contributed by atoms with Gasteiger partial charge in [-0.15, -0.1) is 0 Å². The Bertz CT molecular complexity index is 1110. The molecule has 0 saturated heterocycles. The van der Waals surface area contributed by atoms with Gasteiger partial charge >= 0.3 is 0 Å². The predicted molar refractivity (Wildman–Crippen MR) is 115 cm³/mol. The second kappa shape index (κ2) is 9.38. The molecule has 32 heavy (non-hydrogen) atoms. The molecular weight excluding hydrogens is 414 g/mol. The number of carbonyl (C=O) groups is 1. The summed E-state index contributed by atoms with van der Waals surface area (Å²) in [6, 6.07) is 9.06. The molecular formula is C24H24F2N4O2. The molecule has 4 rings (SSSR count). The predicted octanol–water partition coefficient (Wildman–Crippen LogP) is 4.74. The van der Waals surface area contributed by atoms with Crippen molar-refractivity contribution in [3.63, 3.8) is 0 Å². The van der Waals surface area contributed by atoms with Crippen LogP contribution in [0.25, 0.3) is 0 Å². The van der Waals surface area contributed by atoms with Gasteiger partial charge in [-0.05, 0) is 62.9 Å². The first-order chi connectivity index (χ1) is 15.4. The highest BCUT2D eigenvalue weighted by molar-refractivity contribution is 5.91. The highest BCUT2D eigenvalue weighted by Gasteiger charge is 2.36. The minimum atomic E-state index is -0.470. The number of aryl methyl sites for hydroxylation is 2. The summed E-state index contributed by atoms with van der Waals surface area (Å²) in [4.78, 5) is 25.3. The summed E-state index contributed by atoms with van der Waals surface area (Å²) in [7, 11) is 0. The lowest BCUT2D eigenvalue weighted by Crippen LogP contribution is -2.37. The van der Waals surface area contributed by atoms with Crippen LogP contribution in [-0.4, -0.2) is 27.0 Å². The van der Waals surface area contributed by atoms with Gasteiger partial charge in [0.2, 0.25) is 5.91 Å². The van der Waals surface area contributed by atoms with E-state index < -0.39 is 5.82 Å². The van der Waals surface area contributed by atoms with E-state index in [2.05, 4.69) is 20.3 Å². The second-order valence-electron chi connectivity index (χ2n) is 8.05. The fourth-order valence-electron chi connectivity index (χ4n) is 4.14. The number of anilines is 1. The SMILES string of the molecule is Cc1ncc(O[C@@H]2CC[C@H](C(=O)Nc3ccc(F)cn3)C[C@H]2c2cccc(F)c2)c(C)n1. The van der Waals surface area contributed by atoms with Crippen molar-refractivity contribution in [1.29, 1.82) is 0 Å². The number of halogens is 2. The van der Waals surface area contributed by atoms with Gasteiger partial charge in [0.1, 0.15) is 29.4 Å². The van der Waals surface area contributed by atoms with Crippen molar-refractivity contribution < 1.29 is 18.3 Å². The number of nitrogens with zero attached hydrogens (tertiary/aromatic N) is 3. The largest absolute Gasteiger partial charge is 0.486 e. The van der Waals surface area contributed by atoms with Gasteiger partial charge in [-0.2, -0.15) is 0 Å². The van der Waals surface area contributed by atoms with Gasteiger partial charge in [0.15, 0.2) is 5.75 Å². The molecule has 3 aromatic rings. The number of carbonyl (C=O) groups excluding carboxylic acids is 1. The van der Waals surface area contributed by atoms with Crippen LogP contribution in [0.15, 0.2) is 48.8 Å². The Morgan fingerprint density at radius 3 is 2.62 bits per heavy atom. The van der Waals surface area contributed by atoms with Crippen molar-refractivity contribution in [3.05, 3.63) is 77.5 Å². The fourth-order valence-corrected chi connectivity index (χ4v) is 4.14. The van der Waals surface area contributed by atoms with E-state index >= 15 is 0 Å². The van der Waals surface area contributed by atoms with Crippen LogP contribution in [0.3, 0.4) is 0 Å². The summed E-state index contributed by atoms with van der Waals surface area (Å²) < 4.78 is 33.3. The Balaban J connectivity index is 1.54. The van der Waals surface area contributed by atoms with Crippen molar-refractivity contribution in [1.82, 2.24) is 15.0 Å². The molecule has 1 saturated carbocycles. The number of pyridine rings is 1. The zero-order chi connectivity index (χ0) is 22.7. The van der Waals surface area contributed by atoms with E-state index in [1.807, 2.05) is 19.9 Å². The maximum Gasteiger partial charge on any atom is 0.228 e.